The van der Waals surface area contributed by atoms with Gasteiger partial charge in [0.05, 0.1) is 0 Å². The molecule has 5 heteroatoms. The molecule has 0 saturated heterocycles. The molecule has 2 heterocycles. The first-order valence-electron chi connectivity index (χ1n) is 8.76. The Bertz CT molecular complexity index is 917. The predicted octanol–water partition coefficient (Wildman–Crippen LogP) is 3.91. The summed E-state index contributed by atoms with van der Waals surface area (Å²) in [7, 11) is 1.99. The van der Waals surface area contributed by atoms with Gasteiger partial charge in [0.25, 0.3) is 5.91 Å². The van der Waals surface area contributed by atoms with E-state index in [-0.39, 0.29) is 5.91 Å². The Balaban J connectivity index is 1.40. The molecule has 132 valence electrons. The van der Waals surface area contributed by atoms with Gasteiger partial charge in [-0.25, -0.2) is 4.98 Å². The molecule has 0 aliphatic carbocycles. The van der Waals surface area contributed by atoms with Crippen LogP contribution in [-0.2, 0) is 25.8 Å². The fraction of sp³-hybridized carbons (Fsp3) is 0.238. The lowest BCUT2D eigenvalue weighted by atomic mass is 9.99. The lowest BCUT2D eigenvalue weighted by Crippen LogP contribution is -2.35. The van der Waals surface area contributed by atoms with Gasteiger partial charge in [-0.2, -0.15) is 0 Å². The van der Waals surface area contributed by atoms with Gasteiger partial charge in [-0.15, -0.1) is 0 Å². The Morgan fingerprint density at radius 3 is 2.62 bits per heavy atom. The molecule has 0 saturated carbocycles. The number of aromatic nitrogens is 2. The fourth-order valence-electron chi connectivity index (χ4n) is 3.23. The average molecular weight is 363 g/mol. The molecule has 4 rings (SSSR count). The molecule has 0 atom stereocenters. The molecule has 0 radical (unpaired) electrons. The van der Waals surface area contributed by atoms with E-state index in [0.717, 1.165) is 29.4 Å². The minimum absolute atomic E-state index is 0.114. The fourth-order valence-corrected chi connectivity index (χ4v) is 4.12. The van der Waals surface area contributed by atoms with Crippen LogP contribution in [0, 0.1) is 0 Å². The number of aryl methyl sites for hydroxylation is 1. The first-order valence-corrected chi connectivity index (χ1v) is 9.74. The van der Waals surface area contributed by atoms with Crippen molar-refractivity contribution in [3.05, 3.63) is 83.2 Å². The monoisotopic (exact) mass is 363 g/mol. The van der Waals surface area contributed by atoms with Gasteiger partial charge < -0.3 is 9.47 Å². The average Bonchev–Trinajstić information content (AvgIpc) is 3.10. The number of thioether (sulfide) groups is 1. The third-order valence-corrected chi connectivity index (χ3v) is 5.89. The van der Waals surface area contributed by atoms with Gasteiger partial charge in [-0.1, -0.05) is 48.2 Å². The third kappa shape index (κ3) is 3.53. The van der Waals surface area contributed by atoms with E-state index in [0.29, 0.717) is 6.54 Å². The summed E-state index contributed by atoms with van der Waals surface area (Å²) in [6, 6.07) is 16.4. The number of hydrogen-bond donors (Lipinski definition) is 0. The Labute approximate surface area is 157 Å². The standard InChI is InChI=1S/C21H21N3OS/c1-23-13-11-22-21(23)26-15-16-6-8-18(9-7-16)20(25)24-12-10-17-4-2-3-5-19(17)14-24/h2-9,11,13H,10,12,14-15H2,1H3. The summed E-state index contributed by atoms with van der Waals surface area (Å²) >= 11 is 1.70. The molecule has 0 unspecified atom stereocenters. The van der Waals surface area contributed by atoms with Crippen molar-refractivity contribution in [1.29, 1.82) is 0 Å². The minimum Gasteiger partial charge on any atom is -0.334 e. The number of rotatable bonds is 4. The molecular formula is C21H21N3OS. The maximum absolute atomic E-state index is 12.8. The zero-order valence-corrected chi connectivity index (χ0v) is 15.6. The number of benzene rings is 2. The molecule has 0 bridgehead atoms. The first-order chi connectivity index (χ1) is 12.7. The summed E-state index contributed by atoms with van der Waals surface area (Å²) in [4.78, 5) is 19.1. The zero-order chi connectivity index (χ0) is 17.9. The van der Waals surface area contributed by atoms with Crippen LogP contribution in [0.4, 0.5) is 0 Å². The van der Waals surface area contributed by atoms with Crippen molar-refractivity contribution in [1.82, 2.24) is 14.5 Å². The van der Waals surface area contributed by atoms with Crippen molar-refractivity contribution in [2.75, 3.05) is 6.54 Å². The van der Waals surface area contributed by atoms with Crippen molar-refractivity contribution < 1.29 is 4.79 Å². The van der Waals surface area contributed by atoms with Crippen LogP contribution < -0.4 is 0 Å². The Hall–Kier alpha value is -2.53. The highest BCUT2D eigenvalue weighted by Gasteiger charge is 2.21. The van der Waals surface area contributed by atoms with E-state index in [9.17, 15) is 4.79 Å². The third-order valence-electron chi connectivity index (χ3n) is 4.76. The van der Waals surface area contributed by atoms with E-state index >= 15 is 0 Å². The normalized spacial score (nSPS) is 13.5. The lowest BCUT2D eigenvalue weighted by molar-refractivity contribution is 0.0734. The molecule has 1 aliphatic rings. The maximum Gasteiger partial charge on any atom is 0.254 e. The Kier molecular flexibility index (Phi) is 4.80. The molecule has 4 nitrogen and oxygen atoms in total. The molecule has 1 amide bonds. The largest absolute Gasteiger partial charge is 0.334 e. The van der Waals surface area contributed by atoms with Gasteiger partial charge >= 0.3 is 0 Å². The van der Waals surface area contributed by atoms with Crippen LogP contribution in [-0.4, -0.2) is 26.9 Å². The van der Waals surface area contributed by atoms with Crippen LogP contribution in [0.3, 0.4) is 0 Å². The van der Waals surface area contributed by atoms with E-state index in [1.165, 1.54) is 16.7 Å². The minimum atomic E-state index is 0.114. The van der Waals surface area contributed by atoms with Crippen molar-refractivity contribution >= 4 is 17.7 Å². The van der Waals surface area contributed by atoms with Gasteiger partial charge in [0, 0.05) is 43.8 Å². The Morgan fingerprint density at radius 1 is 1.12 bits per heavy atom. The van der Waals surface area contributed by atoms with Crippen molar-refractivity contribution in [2.24, 2.45) is 7.05 Å². The van der Waals surface area contributed by atoms with E-state index in [4.69, 9.17) is 0 Å². The summed E-state index contributed by atoms with van der Waals surface area (Å²) in [5.41, 5.74) is 4.57. The van der Waals surface area contributed by atoms with Gasteiger partial charge in [0.2, 0.25) is 0 Å². The van der Waals surface area contributed by atoms with E-state index < -0.39 is 0 Å². The summed E-state index contributed by atoms with van der Waals surface area (Å²) < 4.78 is 2.01. The van der Waals surface area contributed by atoms with E-state index in [1.54, 1.807) is 18.0 Å². The van der Waals surface area contributed by atoms with Crippen molar-refractivity contribution in [2.45, 2.75) is 23.9 Å². The summed E-state index contributed by atoms with van der Waals surface area (Å²) in [6.45, 7) is 1.48. The predicted molar refractivity (Wildman–Crippen MR) is 104 cm³/mol. The van der Waals surface area contributed by atoms with E-state index in [2.05, 4.69) is 23.2 Å². The number of hydrogen-bond acceptors (Lipinski definition) is 3. The highest BCUT2D eigenvalue weighted by molar-refractivity contribution is 7.98. The number of fused-ring (bicyclic) bond motifs is 1. The lowest BCUT2D eigenvalue weighted by Gasteiger charge is -2.29. The van der Waals surface area contributed by atoms with Crippen LogP contribution >= 0.6 is 11.8 Å². The van der Waals surface area contributed by atoms with Crippen LogP contribution in [0.25, 0.3) is 0 Å². The molecule has 2 aromatic carbocycles. The Morgan fingerprint density at radius 2 is 1.88 bits per heavy atom. The topological polar surface area (TPSA) is 38.1 Å². The molecule has 1 aliphatic heterocycles. The molecule has 0 fully saturated rings. The molecule has 0 N–H and O–H groups in total. The molecule has 26 heavy (non-hydrogen) atoms. The second-order valence-corrected chi connectivity index (χ2v) is 7.49. The highest BCUT2D eigenvalue weighted by Crippen LogP contribution is 2.23. The summed E-state index contributed by atoms with van der Waals surface area (Å²) in [5, 5.41) is 0.997. The van der Waals surface area contributed by atoms with Crippen LogP contribution in [0.5, 0.6) is 0 Å². The van der Waals surface area contributed by atoms with Gasteiger partial charge in [0.15, 0.2) is 5.16 Å². The summed E-state index contributed by atoms with van der Waals surface area (Å²) in [6.07, 6.45) is 4.68. The van der Waals surface area contributed by atoms with E-state index in [1.807, 2.05) is 53.0 Å². The van der Waals surface area contributed by atoms with Gasteiger partial charge in [-0.3, -0.25) is 4.79 Å². The number of carbonyl (C=O) groups excluding carboxylic acids is 1. The van der Waals surface area contributed by atoms with Crippen molar-refractivity contribution in [3.63, 3.8) is 0 Å². The number of amides is 1. The van der Waals surface area contributed by atoms with Crippen molar-refractivity contribution in [3.8, 4) is 0 Å². The molecular weight excluding hydrogens is 342 g/mol. The second-order valence-electron chi connectivity index (χ2n) is 6.55. The van der Waals surface area contributed by atoms with Gasteiger partial charge in [-0.05, 0) is 35.2 Å². The van der Waals surface area contributed by atoms with Crippen LogP contribution in [0.15, 0.2) is 66.1 Å². The second kappa shape index (κ2) is 7.38. The zero-order valence-electron chi connectivity index (χ0n) is 14.8. The highest BCUT2D eigenvalue weighted by atomic mass is 32.2. The number of nitrogens with zero attached hydrogens (tertiary/aromatic N) is 3. The molecule has 3 aromatic rings. The maximum atomic E-state index is 12.8. The number of imidazole rings is 1. The van der Waals surface area contributed by atoms with Crippen LogP contribution in [0.1, 0.15) is 27.0 Å². The van der Waals surface area contributed by atoms with Gasteiger partial charge in [0.1, 0.15) is 0 Å². The summed E-state index contributed by atoms with van der Waals surface area (Å²) in [5.74, 6) is 0.957. The SMILES string of the molecule is Cn1ccnc1SCc1ccc(C(=O)N2CCc3ccccc3C2)cc1. The molecule has 1 aromatic heterocycles. The quantitative estimate of drug-likeness (QED) is 0.660. The number of carbonyl (C=O) groups is 1. The van der Waals surface area contributed by atoms with Crippen LogP contribution in [0.2, 0.25) is 0 Å². The molecule has 0 spiro atoms. The smallest absolute Gasteiger partial charge is 0.254 e. The first kappa shape index (κ1) is 16.9.